The summed E-state index contributed by atoms with van der Waals surface area (Å²) in [5, 5.41) is 10.5. The van der Waals surface area contributed by atoms with Gasteiger partial charge in [-0.1, -0.05) is 12.1 Å². The van der Waals surface area contributed by atoms with Crippen molar-refractivity contribution >= 4 is 48.5 Å². The number of ether oxygens (including phenoxy) is 1. The van der Waals surface area contributed by atoms with Crippen molar-refractivity contribution in [2.45, 2.75) is 35.8 Å². The van der Waals surface area contributed by atoms with Gasteiger partial charge in [0, 0.05) is 51.5 Å². The number of sulfonamides is 1. The van der Waals surface area contributed by atoms with Gasteiger partial charge in [-0.3, -0.25) is 9.48 Å². The summed E-state index contributed by atoms with van der Waals surface area (Å²) in [6, 6.07) is 11.3. The highest BCUT2D eigenvalue weighted by atomic mass is 32.2. The minimum atomic E-state index is -4.02. The van der Waals surface area contributed by atoms with Crippen LogP contribution >= 0.6 is 11.7 Å². The van der Waals surface area contributed by atoms with Gasteiger partial charge in [0.1, 0.15) is 16.7 Å². The maximum Gasteiger partial charge on any atom is 0.269 e. The molecule has 1 amide bonds. The largest absolute Gasteiger partial charge is 0.378 e. The summed E-state index contributed by atoms with van der Waals surface area (Å²) in [5.41, 5.74) is 4.33. The lowest BCUT2D eigenvalue weighted by atomic mass is 10.1. The number of carbonyl (C=O) groups is 1. The minimum absolute atomic E-state index is 0.0585. The van der Waals surface area contributed by atoms with E-state index in [2.05, 4.69) is 24.5 Å². The van der Waals surface area contributed by atoms with E-state index in [0.29, 0.717) is 50.5 Å². The molecule has 3 heterocycles. The Bertz CT molecular complexity index is 1820. The van der Waals surface area contributed by atoms with Crippen LogP contribution in [-0.4, -0.2) is 85.2 Å². The quantitative estimate of drug-likeness (QED) is 0.217. The number of nitrogens with one attached hydrogen (secondary N) is 2. The van der Waals surface area contributed by atoms with E-state index >= 15 is 0 Å². The smallest absolute Gasteiger partial charge is 0.269 e. The van der Waals surface area contributed by atoms with Crippen molar-refractivity contribution in [3.8, 4) is 0 Å². The van der Waals surface area contributed by atoms with Gasteiger partial charge in [0.05, 0.1) is 47.0 Å². The van der Waals surface area contributed by atoms with Gasteiger partial charge in [-0.25, -0.2) is 16.8 Å². The molecule has 0 radical (unpaired) electrons. The molecule has 1 aliphatic rings. The van der Waals surface area contributed by atoms with Gasteiger partial charge in [0.15, 0.2) is 9.84 Å². The lowest BCUT2D eigenvalue weighted by molar-refractivity contribution is 0.0940. The van der Waals surface area contributed by atoms with Gasteiger partial charge in [-0.2, -0.15) is 18.2 Å². The predicted octanol–water partition coefficient (Wildman–Crippen LogP) is 1.20. The van der Waals surface area contributed by atoms with Gasteiger partial charge >= 0.3 is 0 Å². The summed E-state index contributed by atoms with van der Waals surface area (Å²) in [5.74, 6) is -0.379. The molecule has 0 aliphatic carbocycles. The Morgan fingerprint density at radius 3 is 2.62 bits per heavy atom. The Kier molecular flexibility index (Phi) is 9.00. The van der Waals surface area contributed by atoms with Crippen LogP contribution in [0.5, 0.6) is 0 Å². The van der Waals surface area contributed by atoms with E-state index in [0.717, 1.165) is 28.9 Å². The number of nitrogens with zero attached hydrogens (tertiary/aromatic N) is 5. The topological polar surface area (TPSA) is 165 Å². The molecule has 16 heteroatoms. The van der Waals surface area contributed by atoms with Crippen LogP contribution in [0.25, 0.3) is 11.0 Å². The van der Waals surface area contributed by atoms with Gasteiger partial charge in [-0.05, 0) is 35.9 Å². The van der Waals surface area contributed by atoms with Crippen molar-refractivity contribution in [3.05, 3.63) is 65.0 Å². The summed E-state index contributed by atoms with van der Waals surface area (Å²) in [6.07, 6.45) is 1.34. The predicted molar refractivity (Wildman–Crippen MR) is 156 cm³/mol. The summed E-state index contributed by atoms with van der Waals surface area (Å²) >= 11 is 1.19. The first kappa shape index (κ1) is 30.2. The lowest BCUT2D eigenvalue weighted by Crippen LogP contribution is -2.37. The summed E-state index contributed by atoms with van der Waals surface area (Å²) in [4.78, 5) is 12.7. The fourth-order valence-corrected chi connectivity index (χ4v) is 7.44. The molecular weight excluding hydrogens is 603 g/mol. The molecule has 0 fully saturated rings. The second kappa shape index (κ2) is 12.5. The minimum Gasteiger partial charge on any atom is -0.378 e. The zero-order valence-corrected chi connectivity index (χ0v) is 25.6. The molecule has 0 saturated heterocycles. The molecule has 224 valence electrons. The normalized spacial score (nSPS) is 14.2. The highest BCUT2D eigenvalue weighted by Crippen LogP contribution is 2.28. The summed E-state index contributed by atoms with van der Waals surface area (Å²) in [6.45, 7) is 2.46. The van der Waals surface area contributed by atoms with Crippen molar-refractivity contribution in [2.24, 2.45) is 0 Å². The van der Waals surface area contributed by atoms with E-state index in [1.54, 1.807) is 4.68 Å². The molecule has 0 bridgehead atoms. The number of benzene rings is 2. The Balaban J connectivity index is 1.20. The van der Waals surface area contributed by atoms with Crippen LogP contribution in [0.1, 0.15) is 27.3 Å². The molecule has 5 rings (SSSR count). The lowest BCUT2D eigenvalue weighted by Gasteiger charge is -2.26. The van der Waals surface area contributed by atoms with Crippen LogP contribution in [0, 0.1) is 0 Å². The molecule has 0 spiro atoms. The number of sulfone groups is 1. The Morgan fingerprint density at radius 2 is 1.83 bits per heavy atom. The first-order valence-corrected chi connectivity index (χ1v) is 17.2. The van der Waals surface area contributed by atoms with Gasteiger partial charge in [-0.15, -0.1) is 0 Å². The van der Waals surface area contributed by atoms with Crippen LogP contribution in [0.3, 0.4) is 0 Å². The Labute approximate surface area is 248 Å². The number of fused-ring (bicyclic) bond motifs is 2. The third-order valence-electron chi connectivity index (χ3n) is 6.90. The molecule has 0 saturated carbocycles. The van der Waals surface area contributed by atoms with Crippen LogP contribution < -0.4 is 10.6 Å². The van der Waals surface area contributed by atoms with E-state index in [4.69, 9.17) is 4.74 Å². The summed E-state index contributed by atoms with van der Waals surface area (Å²) in [7, 11) is -6.10. The van der Waals surface area contributed by atoms with E-state index < -0.39 is 19.9 Å². The number of amides is 1. The van der Waals surface area contributed by atoms with Gasteiger partial charge in [0.25, 0.3) is 5.91 Å². The SMILES string of the molecule is CNC(=O)c1c2c(nn1CCOCCNCc1ccc3nsnc3c1)CCN(S(=O)(=O)c1cccc(S(C)(=O)=O)c1)C2. The average molecular weight is 634 g/mol. The van der Waals surface area contributed by atoms with Gasteiger partial charge in [0.2, 0.25) is 10.0 Å². The van der Waals surface area contributed by atoms with E-state index in [9.17, 15) is 21.6 Å². The molecule has 42 heavy (non-hydrogen) atoms. The molecule has 1 aliphatic heterocycles. The molecular formula is C26H31N7O6S3. The van der Waals surface area contributed by atoms with Crippen molar-refractivity contribution in [2.75, 3.05) is 39.6 Å². The monoisotopic (exact) mass is 633 g/mol. The zero-order valence-electron chi connectivity index (χ0n) is 23.1. The number of hydrogen-bond acceptors (Lipinski definition) is 11. The molecule has 2 aromatic carbocycles. The maximum atomic E-state index is 13.4. The standard InChI is InChI=1S/C26H31N7O6S3/c1-27-26(34)25-21-17-32(42(37,38)20-5-3-4-19(15-20)41(2,35)36)10-8-22(21)29-33(25)11-13-39-12-9-28-16-18-6-7-23-24(14-18)31-40-30-23/h3-7,14-15,28H,8-13,16-17H2,1-2H3,(H,27,34). The zero-order chi connectivity index (χ0) is 29.9. The first-order chi connectivity index (χ1) is 20.1. The van der Waals surface area contributed by atoms with Crippen molar-refractivity contribution in [1.82, 2.24) is 33.5 Å². The third-order valence-corrected chi connectivity index (χ3v) is 10.4. The second-order valence-corrected chi connectivity index (χ2v) is 14.3. The molecule has 0 unspecified atom stereocenters. The van der Waals surface area contributed by atoms with Crippen LogP contribution in [0.4, 0.5) is 0 Å². The highest BCUT2D eigenvalue weighted by Gasteiger charge is 2.34. The van der Waals surface area contributed by atoms with Crippen molar-refractivity contribution < 1.29 is 26.4 Å². The van der Waals surface area contributed by atoms with Crippen molar-refractivity contribution in [1.29, 1.82) is 0 Å². The van der Waals surface area contributed by atoms with Gasteiger partial charge < -0.3 is 15.4 Å². The molecule has 2 N–H and O–H groups in total. The van der Waals surface area contributed by atoms with Crippen molar-refractivity contribution in [3.63, 3.8) is 0 Å². The fraction of sp³-hybridized carbons (Fsp3) is 0.385. The average Bonchev–Trinajstić information content (AvgIpc) is 3.59. The summed E-state index contributed by atoms with van der Waals surface area (Å²) < 4.78 is 67.9. The Morgan fingerprint density at radius 1 is 1.05 bits per heavy atom. The van der Waals surface area contributed by atoms with E-state index in [1.807, 2.05) is 18.2 Å². The maximum absolute atomic E-state index is 13.4. The second-order valence-electron chi connectivity index (χ2n) is 9.79. The molecule has 4 aromatic rings. The number of rotatable bonds is 12. The van der Waals surface area contributed by atoms with E-state index in [1.165, 1.54) is 41.3 Å². The first-order valence-electron chi connectivity index (χ1n) is 13.2. The fourth-order valence-electron chi connectivity index (χ4n) is 4.72. The van der Waals surface area contributed by atoms with Crippen LogP contribution in [0.15, 0.2) is 52.3 Å². The highest BCUT2D eigenvalue weighted by molar-refractivity contribution is 7.91. The molecule has 13 nitrogen and oxygen atoms in total. The van der Waals surface area contributed by atoms with Crippen LogP contribution in [0.2, 0.25) is 0 Å². The number of carbonyl (C=O) groups excluding carboxylic acids is 1. The van der Waals surface area contributed by atoms with Crippen LogP contribution in [-0.2, 0) is 50.7 Å². The number of aromatic nitrogens is 4. The third kappa shape index (κ3) is 6.53. The molecule has 2 aromatic heterocycles. The van der Waals surface area contributed by atoms with E-state index in [-0.39, 0.29) is 34.5 Å². The Hall–Kier alpha value is -3.28. The number of hydrogen-bond donors (Lipinski definition) is 2. The molecule has 0 atom stereocenters.